The van der Waals surface area contributed by atoms with Crippen molar-refractivity contribution in [3.05, 3.63) is 54.3 Å². The first-order valence-corrected chi connectivity index (χ1v) is 10.4. The third-order valence-electron chi connectivity index (χ3n) is 5.05. The van der Waals surface area contributed by atoms with Crippen molar-refractivity contribution in [2.75, 3.05) is 29.9 Å². The maximum Gasteiger partial charge on any atom is 0.313 e. The number of anilines is 2. The summed E-state index contributed by atoms with van der Waals surface area (Å²) in [6, 6.07) is 13.9. The van der Waals surface area contributed by atoms with Crippen LogP contribution in [0.15, 0.2) is 48.5 Å². The number of aromatic nitrogens is 1. The van der Waals surface area contributed by atoms with E-state index in [0.29, 0.717) is 12.5 Å². The molecule has 29 heavy (non-hydrogen) atoms. The van der Waals surface area contributed by atoms with Crippen LogP contribution in [0.1, 0.15) is 12.8 Å². The first-order chi connectivity index (χ1) is 14.1. The number of para-hydroxylation sites is 2. The summed E-state index contributed by atoms with van der Waals surface area (Å²) in [6.45, 7) is 2.15. The summed E-state index contributed by atoms with van der Waals surface area (Å²) < 4.78 is 14.8. The number of fused-ring (bicyclic) bond motifs is 1. The van der Waals surface area contributed by atoms with Crippen LogP contribution in [0.3, 0.4) is 0 Å². The van der Waals surface area contributed by atoms with Gasteiger partial charge in [0.15, 0.2) is 5.13 Å². The quantitative estimate of drug-likeness (QED) is 0.644. The van der Waals surface area contributed by atoms with E-state index >= 15 is 0 Å². The van der Waals surface area contributed by atoms with Crippen molar-refractivity contribution >= 4 is 44.2 Å². The number of piperidine rings is 1. The highest BCUT2D eigenvalue weighted by Gasteiger charge is 2.23. The maximum absolute atomic E-state index is 13.6. The van der Waals surface area contributed by atoms with Gasteiger partial charge >= 0.3 is 11.8 Å². The Morgan fingerprint density at radius 3 is 2.55 bits per heavy atom. The van der Waals surface area contributed by atoms with E-state index < -0.39 is 17.6 Å². The van der Waals surface area contributed by atoms with Crippen LogP contribution in [0.25, 0.3) is 10.2 Å². The molecule has 0 bridgehead atoms. The lowest BCUT2D eigenvalue weighted by atomic mass is 9.97. The van der Waals surface area contributed by atoms with Crippen LogP contribution >= 0.6 is 11.3 Å². The number of hydrogen-bond donors (Lipinski definition) is 2. The number of amides is 2. The summed E-state index contributed by atoms with van der Waals surface area (Å²) in [5.74, 6) is -1.88. The second-order valence-corrected chi connectivity index (χ2v) is 8.05. The van der Waals surface area contributed by atoms with Gasteiger partial charge in [0, 0.05) is 19.6 Å². The molecule has 0 aliphatic carbocycles. The minimum absolute atomic E-state index is 0.00297. The fourth-order valence-electron chi connectivity index (χ4n) is 3.38. The second-order valence-electron chi connectivity index (χ2n) is 7.04. The Hall–Kier alpha value is -3.00. The molecule has 8 heteroatoms. The van der Waals surface area contributed by atoms with Crippen LogP contribution in [0.4, 0.5) is 15.2 Å². The summed E-state index contributed by atoms with van der Waals surface area (Å²) in [5, 5.41) is 5.99. The zero-order chi connectivity index (χ0) is 20.2. The molecule has 3 aromatic rings. The Labute approximate surface area is 171 Å². The van der Waals surface area contributed by atoms with Crippen LogP contribution < -0.4 is 15.5 Å². The normalized spacial score (nSPS) is 14.7. The molecule has 1 aromatic heterocycles. The average molecular weight is 412 g/mol. The van der Waals surface area contributed by atoms with Crippen LogP contribution in [0.2, 0.25) is 0 Å². The standard InChI is InChI=1S/C21H21FN4O2S/c22-15-5-1-2-6-16(15)24-20(28)19(27)23-13-14-9-11-26(12-10-14)21-25-17-7-3-4-8-18(17)29-21/h1-8,14H,9-13H2,(H,23,27)(H,24,28). The van der Waals surface area contributed by atoms with E-state index in [1.165, 1.54) is 22.9 Å². The molecule has 2 N–H and O–H groups in total. The lowest BCUT2D eigenvalue weighted by Crippen LogP contribution is -2.41. The summed E-state index contributed by atoms with van der Waals surface area (Å²) in [6.07, 6.45) is 1.82. The van der Waals surface area contributed by atoms with Crippen molar-refractivity contribution in [2.45, 2.75) is 12.8 Å². The molecule has 0 radical (unpaired) electrons. The minimum atomic E-state index is -0.859. The van der Waals surface area contributed by atoms with Gasteiger partial charge in [-0.15, -0.1) is 0 Å². The SMILES string of the molecule is O=C(NCC1CCN(c2nc3ccccc3s2)CC1)C(=O)Nc1ccccc1F. The number of thiazole rings is 1. The van der Waals surface area contributed by atoms with E-state index in [9.17, 15) is 14.0 Å². The van der Waals surface area contributed by atoms with Crippen LogP contribution in [-0.2, 0) is 9.59 Å². The van der Waals surface area contributed by atoms with Crippen LogP contribution in [0.5, 0.6) is 0 Å². The van der Waals surface area contributed by atoms with Gasteiger partial charge in [-0.2, -0.15) is 0 Å². The topological polar surface area (TPSA) is 74.3 Å². The van der Waals surface area contributed by atoms with Crippen molar-refractivity contribution < 1.29 is 14.0 Å². The molecule has 6 nitrogen and oxygen atoms in total. The largest absolute Gasteiger partial charge is 0.348 e. The molecule has 1 fully saturated rings. The van der Waals surface area contributed by atoms with E-state index in [0.717, 1.165) is 36.6 Å². The molecule has 150 valence electrons. The monoisotopic (exact) mass is 412 g/mol. The molecule has 4 rings (SSSR count). The Kier molecular flexibility index (Phi) is 5.71. The summed E-state index contributed by atoms with van der Waals surface area (Å²) in [7, 11) is 0. The number of carbonyl (C=O) groups excluding carboxylic acids is 2. The van der Waals surface area contributed by atoms with E-state index in [4.69, 9.17) is 4.98 Å². The molecule has 1 aliphatic heterocycles. The lowest BCUT2D eigenvalue weighted by molar-refractivity contribution is -0.136. The van der Waals surface area contributed by atoms with Gasteiger partial charge < -0.3 is 15.5 Å². The first-order valence-electron chi connectivity index (χ1n) is 9.54. The molecule has 2 amide bonds. The molecule has 1 aliphatic rings. The number of nitrogens with one attached hydrogen (secondary N) is 2. The lowest BCUT2D eigenvalue weighted by Gasteiger charge is -2.31. The number of hydrogen-bond acceptors (Lipinski definition) is 5. The van der Waals surface area contributed by atoms with Crippen LogP contribution in [0, 0.1) is 11.7 Å². The number of halogens is 1. The van der Waals surface area contributed by atoms with Crippen LogP contribution in [-0.4, -0.2) is 36.4 Å². The van der Waals surface area contributed by atoms with Crippen molar-refractivity contribution in [1.82, 2.24) is 10.3 Å². The van der Waals surface area contributed by atoms with E-state index in [-0.39, 0.29) is 5.69 Å². The van der Waals surface area contributed by atoms with Crippen molar-refractivity contribution in [2.24, 2.45) is 5.92 Å². The van der Waals surface area contributed by atoms with Crippen molar-refractivity contribution in [3.8, 4) is 0 Å². The molecule has 2 heterocycles. The Balaban J connectivity index is 1.25. The average Bonchev–Trinajstić information content (AvgIpc) is 3.18. The molecule has 0 atom stereocenters. The predicted molar refractivity (Wildman–Crippen MR) is 113 cm³/mol. The van der Waals surface area contributed by atoms with Gasteiger partial charge in [0.25, 0.3) is 0 Å². The number of nitrogens with zero attached hydrogens (tertiary/aromatic N) is 2. The van der Waals surface area contributed by atoms with Gasteiger partial charge in [0.05, 0.1) is 15.9 Å². The summed E-state index contributed by atoms with van der Waals surface area (Å²) in [4.78, 5) is 30.9. The molecule has 0 unspecified atom stereocenters. The Bertz CT molecular complexity index is 997. The molecular weight excluding hydrogens is 391 g/mol. The van der Waals surface area contributed by atoms with Gasteiger partial charge in [-0.3, -0.25) is 9.59 Å². The molecule has 2 aromatic carbocycles. The number of rotatable bonds is 4. The third kappa shape index (κ3) is 4.54. The van der Waals surface area contributed by atoms with Crippen molar-refractivity contribution in [3.63, 3.8) is 0 Å². The molecular formula is C21H21FN4O2S. The zero-order valence-corrected chi connectivity index (χ0v) is 16.5. The highest BCUT2D eigenvalue weighted by molar-refractivity contribution is 7.22. The summed E-state index contributed by atoms with van der Waals surface area (Å²) >= 11 is 1.69. The smallest absolute Gasteiger partial charge is 0.313 e. The number of benzene rings is 2. The van der Waals surface area contributed by atoms with Crippen molar-refractivity contribution in [1.29, 1.82) is 0 Å². The highest BCUT2D eigenvalue weighted by Crippen LogP contribution is 2.31. The van der Waals surface area contributed by atoms with E-state index in [1.54, 1.807) is 17.4 Å². The maximum atomic E-state index is 13.6. The molecule has 1 saturated heterocycles. The predicted octanol–water partition coefficient (Wildman–Crippen LogP) is 3.41. The second kappa shape index (κ2) is 8.57. The Morgan fingerprint density at radius 2 is 1.79 bits per heavy atom. The molecule has 0 spiro atoms. The van der Waals surface area contributed by atoms with Gasteiger partial charge in [-0.1, -0.05) is 35.6 Å². The minimum Gasteiger partial charge on any atom is -0.348 e. The van der Waals surface area contributed by atoms with E-state index in [1.807, 2.05) is 18.2 Å². The third-order valence-corrected chi connectivity index (χ3v) is 6.14. The fraction of sp³-hybridized carbons (Fsp3) is 0.286. The number of carbonyl (C=O) groups is 2. The zero-order valence-electron chi connectivity index (χ0n) is 15.7. The molecule has 0 saturated carbocycles. The highest BCUT2D eigenvalue weighted by atomic mass is 32.1. The van der Waals surface area contributed by atoms with Gasteiger partial charge in [0.1, 0.15) is 5.82 Å². The summed E-state index contributed by atoms with van der Waals surface area (Å²) in [5.41, 5.74) is 1.01. The van der Waals surface area contributed by atoms with Gasteiger partial charge in [-0.05, 0) is 43.0 Å². The van der Waals surface area contributed by atoms with E-state index in [2.05, 4.69) is 21.6 Å². The van der Waals surface area contributed by atoms with Gasteiger partial charge in [0.2, 0.25) is 0 Å². The first kappa shape index (κ1) is 19.3. The van der Waals surface area contributed by atoms with Gasteiger partial charge in [-0.25, -0.2) is 9.37 Å². The fourth-order valence-corrected chi connectivity index (χ4v) is 4.40. The Morgan fingerprint density at radius 1 is 1.07 bits per heavy atom.